The van der Waals surface area contributed by atoms with E-state index < -0.39 is 0 Å². The van der Waals surface area contributed by atoms with Crippen molar-refractivity contribution >= 4 is 130 Å². The zero-order valence-electron chi connectivity index (χ0n) is 75.1. The Morgan fingerprint density at radius 1 is 0.122 bits per heavy atom. The largest absolute Gasteiger partial charge is 0.456 e. The molecule has 0 bridgehead atoms. The average molecular weight is 1690 g/mol. The highest BCUT2D eigenvalue weighted by Crippen LogP contribution is 2.52. The second kappa shape index (κ2) is 38.2. The van der Waals surface area contributed by atoms with Crippen LogP contribution >= 0.6 is 0 Å². The van der Waals surface area contributed by atoms with Crippen LogP contribution in [-0.4, -0.2) is 0 Å². The summed E-state index contributed by atoms with van der Waals surface area (Å²) in [6, 6.07) is 165. The van der Waals surface area contributed by atoms with Gasteiger partial charge in [-0.15, -0.1) is 0 Å². The van der Waals surface area contributed by atoms with Gasteiger partial charge >= 0.3 is 0 Å². The lowest BCUT2D eigenvalue weighted by Crippen LogP contribution is -1.92. The highest BCUT2D eigenvalue weighted by atomic mass is 16.3. The number of benzene rings is 22. The van der Waals surface area contributed by atoms with Crippen molar-refractivity contribution in [2.75, 3.05) is 0 Å². The maximum Gasteiger partial charge on any atom is 0.143 e. The molecule has 3 nitrogen and oxygen atoms in total. The van der Waals surface area contributed by atoms with E-state index in [1.54, 1.807) is 0 Å². The summed E-state index contributed by atoms with van der Waals surface area (Å²) in [4.78, 5) is 0. The fourth-order valence-electron chi connectivity index (χ4n) is 19.4. The fraction of sp³-hybridized carbons (Fsp3) is 0.0625. The van der Waals surface area contributed by atoms with Crippen LogP contribution in [0.4, 0.5) is 0 Å². The summed E-state index contributed by atoms with van der Waals surface area (Å²) >= 11 is 0. The maximum atomic E-state index is 6.66. The van der Waals surface area contributed by atoms with Gasteiger partial charge in [-0.3, -0.25) is 0 Å². The molecular weight excluding hydrogens is 1590 g/mol. The molecule has 3 heteroatoms. The van der Waals surface area contributed by atoms with Crippen molar-refractivity contribution < 1.29 is 13.3 Å². The Balaban J connectivity index is 0.000000123. The SMILES string of the molecule is CC.CC.CC.CC.c1ccc(-c2ccc(-c3c4ccccc4c(-c4cccc5oc6c(-c7ccccc7)cccc6c45)c4ccccc34)cc2)cc1.c1ccc(-c2cccc(-c3c4ccccc4c(-c4ccc5oc6ccccc6c5c4)c4ccccc34)c2)cc1.c1ccc(-c2ccccc2-c2c3ccccc3c(-c3ccc4oc5ccccc5c4c3)c3ccccc23)cc1. The molecule has 0 aliphatic rings. The zero-order chi connectivity index (χ0) is 89.3. The monoisotopic (exact) mass is 1680 g/mol. The van der Waals surface area contributed by atoms with Crippen LogP contribution in [0.25, 0.3) is 242 Å². The number of rotatable bonds is 10. The van der Waals surface area contributed by atoms with Gasteiger partial charge in [0.2, 0.25) is 0 Å². The molecule has 0 spiro atoms. The third-order valence-electron chi connectivity index (χ3n) is 24.8. The lowest BCUT2D eigenvalue weighted by atomic mass is 9.83. The highest BCUT2D eigenvalue weighted by molar-refractivity contribution is 6.28. The van der Waals surface area contributed by atoms with E-state index in [0.29, 0.717) is 0 Å². The zero-order valence-corrected chi connectivity index (χ0v) is 75.1. The first-order valence-electron chi connectivity index (χ1n) is 46.2. The first kappa shape index (κ1) is 84.3. The Bertz CT molecular complexity index is 8230. The maximum absolute atomic E-state index is 6.66. The minimum atomic E-state index is 0.902. The van der Waals surface area contributed by atoms with Crippen LogP contribution in [0.2, 0.25) is 0 Å². The summed E-state index contributed by atoms with van der Waals surface area (Å²) in [5.74, 6) is 0. The van der Waals surface area contributed by atoms with Crippen molar-refractivity contribution in [1.29, 1.82) is 0 Å². The summed E-state index contributed by atoms with van der Waals surface area (Å²) in [6.07, 6.45) is 0. The Morgan fingerprint density at radius 3 is 0.794 bits per heavy atom. The summed E-state index contributed by atoms with van der Waals surface area (Å²) in [6.45, 7) is 16.0. The van der Waals surface area contributed by atoms with E-state index in [1.807, 2.05) is 79.7 Å². The van der Waals surface area contributed by atoms with Gasteiger partial charge in [0.05, 0.1) is 0 Å². The van der Waals surface area contributed by atoms with Crippen LogP contribution in [0.3, 0.4) is 0 Å². The topological polar surface area (TPSA) is 39.4 Å². The highest BCUT2D eigenvalue weighted by Gasteiger charge is 2.25. The van der Waals surface area contributed by atoms with E-state index in [-0.39, 0.29) is 0 Å². The molecule has 0 radical (unpaired) electrons. The van der Waals surface area contributed by atoms with E-state index in [0.717, 1.165) is 76.9 Å². The van der Waals surface area contributed by atoms with E-state index in [4.69, 9.17) is 13.3 Å². The molecule has 0 aliphatic heterocycles. The molecule has 25 rings (SSSR count). The Morgan fingerprint density at radius 2 is 0.366 bits per heavy atom. The molecule has 0 unspecified atom stereocenters. The molecule has 0 aliphatic carbocycles. The van der Waals surface area contributed by atoms with Gasteiger partial charge < -0.3 is 13.3 Å². The minimum absolute atomic E-state index is 0.902. The van der Waals surface area contributed by atoms with Crippen LogP contribution in [0.5, 0.6) is 0 Å². The smallest absolute Gasteiger partial charge is 0.143 e. The summed E-state index contributed by atoms with van der Waals surface area (Å²) < 4.78 is 19.0. The number of hydrogen-bond acceptors (Lipinski definition) is 3. The molecule has 3 heterocycles. The van der Waals surface area contributed by atoms with Crippen molar-refractivity contribution in [1.82, 2.24) is 0 Å². The molecule has 630 valence electrons. The van der Waals surface area contributed by atoms with Gasteiger partial charge in [0.1, 0.15) is 33.5 Å². The second-order valence-corrected chi connectivity index (χ2v) is 31.8. The van der Waals surface area contributed by atoms with Crippen molar-refractivity contribution in [2.24, 2.45) is 0 Å². The molecule has 0 atom stereocenters. The van der Waals surface area contributed by atoms with Gasteiger partial charge in [-0.2, -0.15) is 0 Å². The van der Waals surface area contributed by atoms with Crippen molar-refractivity contribution in [2.45, 2.75) is 55.4 Å². The standard InChI is InChI=1S/C44H28O.2C38H24O.4C2H6/c1-3-13-29(14-4-1)30-25-27-32(28-26-30)41-34-17-7-9-19-36(34)42(37-20-10-8-18-35(37)41)38-22-12-24-40-43(38)39-23-11-21-33(44(39)45-40)31-15-5-2-6-16-31;1-2-11-25(12-3-1)26-13-10-14-27(23-26)37-30-16-4-6-18-32(30)38(33-19-7-5-17-31(33)37)28-21-22-36-34(24-28)29-15-8-9-20-35(29)39-36;1-2-12-25(13-3-1)27-14-4-5-16-29(27)38-32-19-8-6-17-30(32)37(31-18-7-9-20-33(31)38)26-22-23-36-34(24-26)28-15-10-11-21-35(28)39-36;4*1-2/h1-28H;2*1-24H;4*1-2H3. The van der Waals surface area contributed by atoms with Gasteiger partial charge in [0.15, 0.2) is 0 Å². The first-order valence-corrected chi connectivity index (χ1v) is 46.2. The minimum Gasteiger partial charge on any atom is -0.456 e. The third-order valence-corrected chi connectivity index (χ3v) is 24.8. The lowest BCUT2D eigenvalue weighted by Gasteiger charge is -2.19. The normalized spacial score (nSPS) is 11.1. The van der Waals surface area contributed by atoms with Gasteiger partial charge in [0.25, 0.3) is 0 Å². The molecule has 131 heavy (non-hydrogen) atoms. The van der Waals surface area contributed by atoms with E-state index in [2.05, 4.69) is 437 Å². The van der Waals surface area contributed by atoms with Crippen molar-refractivity contribution in [3.63, 3.8) is 0 Å². The van der Waals surface area contributed by atoms with Gasteiger partial charge in [-0.25, -0.2) is 0 Å². The van der Waals surface area contributed by atoms with E-state index in [9.17, 15) is 0 Å². The molecular formula is C128H100O3. The molecule has 22 aromatic carbocycles. The van der Waals surface area contributed by atoms with Gasteiger partial charge in [-0.05, 0) is 219 Å². The predicted octanol–water partition coefficient (Wildman–Crippen LogP) is 38.5. The molecule has 25 aromatic rings. The first-order chi connectivity index (χ1) is 65.1. The second-order valence-electron chi connectivity index (χ2n) is 31.8. The quantitative estimate of drug-likeness (QED) is 0.128. The number of furan rings is 3. The van der Waals surface area contributed by atoms with Crippen molar-refractivity contribution in [3.8, 4) is 111 Å². The summed E-state index contributed by atoms with van der Waals surface area (Å²) in [5.41, 5.74) is 30.0. The molecule has 0 amide bonds. The molecule has 3 aromatic heterocycles. The third kappa shape index (κ3) is 15.7. The lowest BCUT2D eigenvalue weighted by molar-refractivity contribution is 0.668. The van der Waals surface area contributed by atoms with Crippen molar-refractivity contribution in [3.05, 3.63) is 461 Å². The van der Waals surface area contributed by atoms with Crippen LogP contribution in [0.15, 0.2) is 474 Å². The number of fused-ring (bicyclic) bond motifs is 15. The van der Waals surface area contributed by atoms with Crippen LogP contribution in [-0.2, 0) is 0 Å². The fourth-order valence-corrected chi connectivity index (χ4v) is 19.4. The van der Waals surface area contributed by atoms with Crippen LogP contribution < -0.4 is 0 Å². The predicted molar refractivity (Wildman–Crippen MR) is 566 cm³/mol. The summed E-state index contributed by atoms with van der Waals surface area (Å²) in [5, 5.41) is 21.9. The number of para-hydroxylation sites is 3. The van der Waals surface area contributed by atoms with E-state index >= 15 is 0 Å². The molecule has 0 saturated carbocycles. The average Bonchev–Trinajstić information content (AvgIpc) is 1.65. The van der Waals surface area contributed by atoms with Gasteiger partial charge in [0, 0.05) is 37.9 Å². The Kier molecular flexibility index (Phi) is 24.6. The summed E-state index contributed by atoms with van der Waals surface area (Å²) in [7, 11) is 0. The van der Waals surface area contributed by atoms with Crippen LogP contribution in [0, 0.1) is 0 Å². The van der Waals surface area contributed by atoms with E-state index in [1.165, 1.54) is 165 Å². The molecule has 0 N–H and O–H groups in total. The molecule has 0 saturated heterocycles. The number of hydrogen-bond donors (Lipinski definition) is 0. The Labute approximate surface area is 766 Å². The molecule has 0 fully saturated rings. The Hall–Kier alpha value is -16.2. The van der Waals surface area contributed by atoms with Crippen LogP contribution in [0.1, 0.15) is 55.4 Å². The van der Waals surface area contributed by atoms with Gasteiger partial charge in [-0.1, -0.05) is 468 Å².